The quantitative estimate of drug-likeness (QED) is 0.602. The molecule has 2 heterocycles. The molecule has 0 unspecified atom stereocenters. The number of anilines is 1. The lowest BCUT2D eigenvalue weighted by Gasteiger charge is -2.31. The van der Waals surface area contributed by atoms with Crippen LogP contribution in [0.3, 0.4) is 0 Å². The molecule has 1 aliphatic heterocycles. The Morgan fingerprint density at radius 1 is 1.43 bits per heavy atom. The number of aliphatic imine (C=N–C) groups is 2. The molecule has 3 rings (SSSR count). The van der Waals surface area contributed by atoms with Gasteiger partial charge in [0.2, 0.25) is 5.90 Å². The van der Waals surface area contributed by atoms with Gasteiger partial charge in [0.05, 0.1) is 29.1 Å². The molecular weight excluding hydrogens is 408 g/mol. The highest BCUT2D eigenvalue weighted by atomic mass is 35.5. The fraction of sp³-hybridized carbons (Fsp3) is 0.222. The number of rotatable bonds is 4. The minimum absolute atomic E-state index is 0.0561. The van der Waals surface area contributed by atoms with Crippen molar-refractivity contribution in [2.45, 2.75) is 6.42 Å². The Balaban J connectivity index is 1.90. The number of aromatic nitrogens is 2. The number of nitrogens with zero attached hydrogens (tertiary/aromatic N) is 4. The molecule has 1 aromatic heterocycles. The van der Waals surface area contributed by atoms with Crippen LogP contribution in [-0.2, 0) is 0 Å². The summed E-state index contributed by atoms with van der Waals surface area (Å²) in [6.07, 6.45) is 1.99. The van der Waals surface area contributed by atoms with E-state index in [1.54, 1.807) is 7.05 Å². The Morgan fingerprint density at radius 3 is 2.89 bits per heavy atom. The first-order valence-electron chi connectivity index (χ1n) is 8.21. The van der Waals surface area contributed by atoms with Gasteiger partial charge in [0.25, 0.3) is 5.56 Å². The van der Waals surface area contributed by atoms with Gasteiger partial charge in [0.1, 0.15) is 16.6 Å². The highest BCUT2D eigenvalue weighted by molar-refractivity contribution is 6.33. The van der Waals surface area contributed by atoms with Crippen molar-refractivity contribution in [3.8, 4) is 5.75 Å². The first kappa shape index (κ1) is 20.0. The summed E-state index contributed by atoms with van der Waals surface area (Å²) in [6.45, 7) is 4.48. The summed E-state index contributed by atoms with van der Waals surface area (Å²) in [7, 11) is 1.57. The summed E-state index contributed by atoms with van der Waals surface area (Å²) in [4.78, 5) is 21.9. The first-order chi connectivity index (χ1) is 13.4. The van der Waals surface area contributed by atoms with Gasteiger partial charge in [-0.25, -0.2) is 9.49 Å². The Kier molecular flexibility index (Phi) is 6.11. The van der Waals surface area contributed by atoms with Gasteiger partial charge in [0.15, 0.2) is 0 Å². The average molecular weight is 424 g/mol. The van der Waals surface area contributed by atoms with Crippen molar-refractivity contribution in [2.75, 3.05) is 25.0 Å². The normalized spacial score (nSPS) is 15.0. The molecule has 0 saturated heterocycles. The van der Waals surface area contributed by atoms with Crippen LogP contribution in [0.1, 0.15) is 6.42 Å². The van der Waals surface area contributed by atoms with Gasteiger partial charge in [-0.1, -0.05) is 23.2 Å². The average Bonchev–Trinajstić information content (AvgIpc) is 2.69. The second-order valence-electron chi connectivity index (χ2n) is 5.86. The van der Waals surface area contributed by atoms with Gasteiger partial charge < -0.3 is 9.64 Å². The summed E-state index contributed by atoms with van der Waals surface area (Å²) in [6, 6.07) is 3.84. The largest absolute Gasteiger partial charge is 0.437 e. The molecular formula is C18H16Cl2FN5O2. The summed E-state index contributed by atoms with van der Waals surface area (Å²) < 4.78 is 19.1. The van der Waals surface area contributed by atoms with Gasteiger partial charge >= 0.3 is 0 Å². The Labute approximate surface area is 170 Å². The Hall–Kier alpha value is -2.71. The third kappa shape index (κ3) is 4.07. The predicted octanol–water partition coefficient (Wildman–Crippen LogP) is 3.49. The summed E-state index contributed by atoms with van der Waals surface area (Å²) >= 11 is 12.1. The van der Waals surface area contributed by atoms with Crippen molar-refractivity contribution >= 4 is 41.5 Å². The van der Waals surface area contributed by atoms with Crippen LogP contribution < -0.4 is 15.2 Å². The molecule has 0 fully saturated rings. The fourth-order valence-corrected chi connectivity index (χ4v) is 3.24. The van der Waals surface area contributed by atoms with Crippen LogP contribution in [0.25, 0.3) is 0 Å². The van der Waals surface area contributed by atoms with E-state index in [-0.39, 0.29) is 15.8 Å². The van der Waals surface area contributed by atoms with Crippen molar-refractivity contribution in [1.29, 1.82) is 0 Å². The minimum Gasteiger partial charge on any atom is -0.437 e. The molecule has 0 atom stereocenters. The van der Waals surface area contributed by atoms with E-state index >= 15 is 0 Å². The standard InChI is InChI=1S/C18H16Cl2FN5O2/c1-22-13-9-26(14-8-24-25-17(27)16(14)20)6-5-11(13)18(23-2)28-15-4-3-10(21)7-12(15)19/h3-4,7-8H,1,5-6,9H2,2H3,(H,25,27). The molecule has 0 bridgehead atoms. The smallest absolute Gasteiger partial charge is 0.285 e. The van der Waals surface area contributed by atoms with Crippen molar-refractivity contribution < 1.29 is 9.13 Å². The van der Waals surface area contributed by atoms with E-state index in [1.807, 2.05) is 4.90 Å². The lowest BCUT2D eigenvalue weighted by molar-refractivity contribution is 0.538. The van der Waals surface area contributed by atoms with E-state index in [0.29, 0.717) is 36.8 Å². The van der Waals surface area contributed by atoms with E-state index in [1.165, 1.54) is 18.3 Å². The maximum atomic E-state index is 13.3. The molecule has 1 N–H and O–H groups in total. The number of hydrogen-bond acceptors (Lipinski definition) is 6. The van der Waals surface area contributed by atoms with Crippen LogP contribution in [0.4, 0.5) is 10.1 Å². The highest BCUT2D eigenvalue weighted by Crippen LogP contribution is 2.30. The van der Waals surface area contributed by atoms with Crippen molar-refractivity contribution in [3.05, 3.63) is 61.9 Å². The van der Waals surface area contributed by atoms with Crippen LogP contribution >= 0.6 is 23.2 Å². The Morgan fingerprint density at radius 2 is 2.21 bits per heavy atom. The summed E-state index contributed by atoms with van der Waals surface area (Å²) in [5.74, 6) is 0.131. The van der Waals surface area contributed by atoms with Gasteiger partial charge in [-0.15, -0.1) is 0 Å². The predicted molar refractivity (Wildman–Crippen MR) is 109 cm³/mol. The second kappa shape index (κ2) is 8.53. The molecule has 0 saturated carbocycles. The molecule has 7 nitrogen and oxygen atoms in total. The molecule has 0 spiro atoms. The van der Waals surface area contributed by atoms with E-state index in [4.69, 9.17) is 27.9 Å². The molecule has 146 valence electrons. The number of halogens is 3. The Bertz CT molecular complexity index is 1030. The zero-order chi connectivity index (χ0) is 20.3. The fourth-order valence-electron chi connectivity index (χ4n) is 2.83. The monoisotopic (exact) mass is 423 g/mol. The maximum Gasteiger partial charge on any atom is 0.285 e. The van der Waals surface area contributed by atoms with Crippen molar-refractivity contribution in [3.63, 3.8) is 0 Å². The first-order valence-corrected chi connectivity index (χ1v) is 8.97. The number of nitrogens with one attached hydrogen (secondary N) is 1. The van der Waals surface area contributed by atoms with Crippen LogP contribution in [0.5, 0.6) is 5.75 Å². The molecule has 2 aromatic rings. The van der Waals surface area contributed by atoms with Gasteiger partial charge in [-0.05, 0) is 31.3 Å². The molecule has 1 aliphatic rings. The van der Waals surface area contributed by atoms with Crippen LogP contribution in [0.15, 0.2) is 50.4 Å². The van der Waals surface area contributed by atoms with E-state index in [0.717, 1.165) is 11.6 Å². The SMILES string of the molecule is C=NC1=C(C(=NC)Oc2ccc(F)cc2Cl)CCN(c2cn[nH]c(=O)c2Cl)C1. The van der Waals surface area contributed by atoms with E-state index < -0.39 is 11.4 Å². The number of aromatic amines is 1. The van der Waals surface area contributed by atoms with Gasteiger partial charge in [-0.3, -0.25) is 14.8 Å². The summed E-state index contributed by atoms with van der Waals surface area (Å²) in [5.41, 5.74) is 1.39. The number of benzene rings is 1. The lowest BCUT2D eigenvalue weighted by Crippen LogP contribution is -2.35. The maximum absolute atomic E-state index is 13.3. The molecule has 0 radical (unpaired) electrons. The van der Waals surface area contributed by atoms with E-state index in [2.05, 4.69) is 26.9 Å². The zero-order valence-corrected chi connectivity index (χ0v) is 16.4. The highest BCUT2D eigenvalue weighted by Gasteiger charge is 2.25. The topological polar surface area (TPSA) is 82.9 Å². The number of ether oxygens (including phenoxy) is 1. The third-order valence-corrected chi connectivity index (χ3v) is 4.85. The van der Waals surface area contributed by atoms with Crippen LogP contribution in [-0.4, -0.2) is 42.9 Å². The molecule has 0 aliphatic carbocycles. The summed E-state index contributed by atoms with van der Waals surface area (Å²) in [5, 5.41) is 6.27. The zero-order valence-electron chi connectivity index (χ0n) is 14.9. The van der Waals surface area contributed by atoms with E-state index in [9.17, 15) is 9.18 Å². The number of hydrogen-bond donors (Lipinski definition) is 1. The molecule has 10 heteroatoms. The van der Waals surface area contributed by atoms with Crippen LogP contribution in [0, 0.1) is 5.82 Å². The third-order valence-electron chi connectivity index (χ3n) is 4.19. The number of H-pyrrole nitrogens is 1. The van der Waals surface area contributed by atoms with Gasteiger partial charge in [0, 0.05) is 19.2 Å². The van der Waals surface area contributed by atoms with Crippen molar-refractivity contribution in [2.24, 2.45) is 9.98 Å². The second-order valence-corrected chi connectivity index (χ2v) is 6.64. The minimum atomic E-state index is -0.466. The molecule has 0 amide bonds. The lowest BCUT2D eigenvalue weighted by atomic mass is 10.0. The van der Waals surface area contributed by atoms with Crippen molar-refractivity contribution in [1.82, 2.24) is 10.2 Å². The van der Waals surface area contributed by atoms with Crippen LogP contribution in [0.2, 0.25) is 10.0 Å². The molecule has 1 aromatic carbocycles. The molecule has 28 heavy (non-hydrogen) atoms. The van der Waals surface area contributed by atoms with Gasteiger partial charge in [-0.2, -0.15) is 5.10 Å².